The standard InChI is InChI=1S/C18H15N3O3S/c1-20(14-7-9-15(10-8-14)21(23)24)18(22)12-25-17-11-6-13-4-2-3-5-16(13)19-17/h2-11H,12H2,1H3. The van der Waals surface area contributed by atoms with Crippen molar-refractivity contribution in [1.29, 1.82) is 0 Å². The number of fused-ring (bicyclic) bond motifs is 1. The van der Waals surface area contributed by atoms with Gasteiger partial charge in [-0.1, -0.05) is 36.0 Å². The molecular weight excluding hydrogens is 338 g/mol. The highest BCUT2D eigenvalue weighted by atomic mass is 32.2. The molecule has 7 heteroatoms. The van der Waals surface area contributed by atoms with E-state index in [0.29, 0.717) is 5.69 Å². The van der Waals surface area contributed by atoms with Gasteiger partial charge in [0.15, 0.2) is 0 Å². The molecule has 0 saturated heterocycles. The normalized spacial score (nSPS) is 10.6. The summed E-state index contributed by atoms with van der Waals surface area (Å²) in [5.41, 5.74) is 1.51. The number of nitro groups is 1. The third-order valence-electron chi connectivity index (χ3n) is 3.74. The van der Waals surface area contributed by atoms with Crippen LogP contribution in [0.1, 0.15) is 0 Å². The fourth-order valence-electron chi connectivity index (χ4n) is 2.30. The highest BCUT2D eigenvalue weighted by Gasteiger charge is 2.13. The van der Waals surface area contributed by atoms with Gasteiger partial charge in [-0.2, -0.15) is 0 Å². The minimum Gasteiger partial charge on any atom is -0.315 e. The highest BCUT2D eigenvalue weighted by molar-refractivity contribution is 7.99. The Hall–Kier alpha value is -2.93. The summed E-state index contributed by atoms with van der Waals surface area (Å²) in [5, 5.41) is 12.5. The van der Waals surface area contributed by atoms with E-state index in [1.54, 1.807) is 19.2 Å². The van der Waals surface area contributed by atoms with Gasteiger partial charge in [0, 0.05) is 30.3 Å². The van der Waals surface area contributed by atoms with Crippen LogP contribution in [0.4, 0.5) is 11.4 Å². The van der Waals surface area contributed by atoms with Crippen LogP contribution in [0, 0.1) is 10.1 Å². The average Bonchev–Trinajstić information content (AvgIpc) is 2.65. The Kier molecular flexibility index (Phi) is 4.95. The van der Waals surface area contributed by atoms with Gasteiger partial charge in [-0.15, -0.1) is 0 Å². The molecule has 3 aromatic rings. The van der Waals surface area contributed by atoms with E-state index in [-0.39, 0.29) is 17.3 Å². The molecule has 0 aliphatic carbocycles. The number of benzene rings is 2. The van der Waals surface area contributed by atoms with E-state index in [4.69, 9.17) is 0 Å². The highest BCUT2D eigenvalue weighted by Crippen LogP contribution is 2.22. The second-order valence-electron chi connectivity index (χ2n) is 5.36. The van der Waals surface area contributed by atoms with Crippen LogP contribution in [0.2, 0.25) is 0 Å². The monoisotopic (exact) mass is 353 g/mol. The first-order valence-electron chi connectivity index (χ1n) is 7.54. The lowest BCUT2D eigenvalue weighted by Gasteiger charge is -2.16. The first kappa shape index (κ1) is 16.9. The number of thioether (sulfide) groups is 1. The Morgan fingerprint density at radius 3 is 2.56 bits per heavy atom. The van der Waals surface area contributed by atoms with E-state index in [1.165, 1.54) is 28.8 Å². The molecule has 25 heavy (non-hydrogen) atoms. The van der Waals surface area contributed by atoms with Crippen molar-refractivity contribution < 1.29 is 9.72 Å². The number of hydrogen-bond acceptors (Lipinski definition) is 5. The van der Waals surface area contributed by atoms with E-state index in [1.807, 2.05) is 36.4 Å². The molecule has 0 aliphatic heterocycles. The molecule has 0 spiro atoms. The van der Waals surface area contributed by atoms with E-state index in [0.717, 1.165) is 15.9 Å². The van der Waals surface area contributed by atoms with Crippen LogP contribution in [0.5, 0.6) is 0 Å². The minimum atomic E-state index is -0.465. The molecule has 0 bridgehead atoms. The van der Waals surface area contributed by atoms with Crippen LogP contribution in [0.3, 0.4) is 0 Å². The lowest BCUT2D eigenvalue weighted by molar-refractivity contribution is -0.384. The number of carbonyl (C=O) groups excluding carboxylic acids is 1. The number of aromatic nitrogens is 1. The maximum Gasteiger partial charge on any atom is 0.269 e. The lowest BCUT2D eigenvalue weighted by Crippen LogP contribution is -2.27. The molecular formula is C18H15N3O3S. The molecule has 0 saturated carbocycles. The summed E-state index contributed by atoms with van der Waals surface area (Å²) in [7, 11) is 1.65. The number of nitrogens with zero attached hydrogens (tertiary/aromatic N) is 3. The third kappa shape index (κ3) is 3.95. The molecule has 6 nitrogen and oxygen atoms in total. The summed E-state index contributed by atoms with van der Waals surface area (Å²) in [6.45, 7) is 0. The SMILES string of the molecule is CN(C(=O)CSc1ccc2ccccc2n1)c1ccc([N+](=O)[O-])cc1. The number of non-ortho nitro benzene ring substituents is 1. The van der Waals surface area contributed by atoms with Crippen LogP contribution >= 0.6 is 11.8 Å². The molecule has 0 unspecified atom stereocenters. The van der Waals surface area contributed by atoms with Gasteiger partial charge in [0.05, 0.1) is 21.2 Å². The largest absolute Gasteiger partial charge is 0.315 e. The summed E-state index contributed by atoms with van der Waals surface area (Å²) in [6.07, 6.45) is 0. The molecule has 0 fully saturated rings. The first-order chi connectivity index (χ1) is 12.0. The number of para-hydroxylation sites is 1. The van der Waals surface area contributed by atoms with Crippen molar-refractivity contribution in [1.82, 2.24) is 4.98 Å². The van der Waals surface area contributed by atoms with Crippen molar-refractivity contribution in [3.63, 3.8) is 0 Å². The minimum absolute atomic E-state index is 0.000613. The van der Waals surface area contributed by atoms with Crippen molar-refractivity contribution in [3.8, 4) is 0 Å². The van der Waals surface area contributed by atoms with Gasteiger partial charge in [-0.05, 0) is 24.3 Å². The fourth-order valence-corrected chi connectivity index (χ4v) is 3.09. The maximum atomic E-state index is 12.3. The number of hydrogen-bond donors (Lipinski definition) is 0. The average molecular weight is 353 g/mol. The van der Waals surface area contributed by atoms with Gasteiger partial charge in [-0.3, -0.25) is 14.9 Å². The quantitative estimate of drug-likeness (QED) is 0.395. The van der Waals surface area contributed by atoms with Gasteiger partial charge in [0.1, 0.15) is 0 Å². The number of anilines is 1. The second kappa shape index (κ2) is 7.31. The zero-order valence-electron chi connectivity index (χ0n) is 13.5. The molecule has 0 N–H and O–H groups in total. The van der Waals surface area contributed by atoms with Gasteiger partial charge < -0.3 is 4.90 Å². The summed E-state index contributed by atoms with van der Waals surface area (Å²) < 4.78 is 0. The van der Waals surface area contributed by atoms with Crippen molar-refractivity contribution >= 4 is 39.9 Å². The molecule has 1 aromatic heterocycles. The van der Waals surface area contributed by atoms with Crippen LogP contribution in [-0.2, 0) is 4.79 Å². The molecule has 1 heterocycles. The van der Waals surface area contributed by atoms with Gasteiger partial charge >= 0.3 is 0 Å². The number of carbonyl (C=O) groups is 1. The van der Waals surface area contributed by atoms with Crippen molar-refractivity contribution in [2.75, 3.05) is 17.7 Å². The Balaban J connectivity index is 1.65. The Morgan fingerprint density at radius 2 is 1.84 bits per heavy atom. The van der Waals surface area contributed by atoms with Gasteiger partial charge in [0.25, 0.3) is 5.69 Å². The topological polar surface area (TPSA) is 76.3 Å². The molecule has 0 aliphatic rings. The number of pyridine rings is 1. The summed E-state index contributed by atoms with van der Waals surface area (Å²) in [5.74, 6) is 0.132. The molecule has 1 amide bonds. The zero-order chi connectivity index (χ0) is 17.8. The van der Waals surface area contributed by atoms with E-state index in [2.05, 4.69) is 4.98 Å². The van der Waals surface area contributed by atoms with E-state index in [9.17, 15) is 14.9 Å². The third-order valence-corrected chi connectivity index (χ3v) is 4.65. The first-order valence-corrected chi connectivity index (χ1v) is 8.53. The maximum absolute atomic E-state index is 12.3. The second-order valence-corrected chi connectivity index (χ2v) is 6.35. The number of rotatable bonds is 5. The van der Waals surface area contributed by atoms with Crippen molar-refractivity contribution in [2.24, 2.45) is 0 Å². The smallest absolute Gasteiger partial charge is 0.269 e. The molecule has 2 aromatic carbocycles. The molecule has 0 radical (unpaired) electrons. The Labute approximate surface area is 148 Å². The summed E-state index contributed by atoms with van der Waals surface area (Å²) in [4.78, 5) is 28.6. The molecule has 126 valence electrons. The van der Waals surface area contributed by atoms with Crippen LogP contribution in [-0.4, -0.2) is 28.6 Å². The van der Waals surface area contributed by atoms with E-state index >= 15 is 0 Å². The van der Waals surface area contributed by atoms with Crippen molar-refractivity contribution in [3.05, 3.63) is 70.8 Å². The van der Waals surface area contributed by atoms with Gasteiger partial charge in [-0.25, -0.2) is 4.98 Å². The predicted octanol–water partition coefficient (Wildman–Crippen LogP) is 3.90. The van der Waals surface area contributed by atoms with Gasteiger partial charge in [0.2, 0.25) is 5.91 Å². The fraction of sp³-hybridized carbons (Fsp3) is 0.111. The van der Waals surface area contributed by atoms with Crippen LogP contribution in [0.25, 0.3) is 10.9 Å². The molecule has 3 rings (SSSR count). The number of nitro benzene ring substituents is 1. The summed E-state index contributed by atoms with van der Waals surface area (Å²) >= 11 is 1.36. The summed E-state index contributed by atoms with van der Waals surface area (Å²) in [6, 6.07) is 17.6. The van der Waals surface area contributed by atoms with Crippen LogP contribution in [0.15, 0.2) is 65.7 Å². The zero-order valence-corrected chi connectivity index (χ0v) is 14.3. The van der Waals surface area contributed by atoms with E-state index < -0.39 is 4.92 Å². The van der Waals surface area contributed by atoms with Crippen molar-refractivity contribution in [2.45, 2.75) is 5.03 Å². The lowest BCUT2D eigenvalue weighted by atomic mass is 10.2. The Morgan fingerprint density at radius 1 is 1.12 bits per heavy atom. The number of amides is 1. The molecule has 0 atom stereocenters. The van der Waals surface area contributed by atoms with Crippen LogP contribution < -0.4 is 4.90 Å². The predicted molar refractivity (Wildman–Crippen MR) is 99.0 cm³/mol. The Bertz CT molecular complexity index is 928.